The van der Waals surface area contributed by atoms with Crippen LogP contribution in [0.25, 0.3) is 0 Å². The van der Waals surface area contributed by atoms with Crippen molar-refractivity contribution in [1.29, 1.82) is 0 Å². The predicted molar refractivity (Wildman–Crippen MR) is 45.2 cm³/mol. The molecule has 64 valence electrons. The number of hydrogen-bond acceptors (Lipinski definition) is 1. The molecule has 2 unspecified atom stereocenters. The molecule has 11 heavy (non-hydrogen) atoms. The van der Waals surface area contributed by atoms with E-state index in [-0.39, 0.29) is 0 Å². The lowest BCUT2D eigenvalue weighted by Crippen LogP contribution is -3.05. The monoisotopic (exact) mass is 154 g/mol. The zero-order valence-electron chi connectivity index (χ0n) is 7.40. The Labute approximate surface area is 69.2 Å². The second-order valence-electron chi connectivity index (χ2n) is 4.41. The van der Waals surface area contributed by atoms with Crippen LogP contribution >= 0.6 is 0 Å². The summed E-state index contributed by atoms with van der Waals surface area (Å²) in [4.78, 5) is 3.94. The van der Waals surface area contributed by atoms with Gasteiger partial charge in [0.25, 0.3) is 0 Å². The van der Waals surface area contributed by atoms with Crippen molar-refractivity contribution in [2.75, 3.05) is 33.2 Å². The Hall–Kier alpha value is -0.0800. The average Bonchev–Trinajstić information content (AvgIpc) is 2.44. The molecule has 0 amide bonds. The lowest BCUT2D eigenvalue weighted by Gasteiger charge is -2.21. The molecule has 2 aliphatic rings. The fourth-order valence-electron chi connectivity index (χ4n) is 2.66. The number of likely N-dealkylation sites (tertiary alicyclic amines) is 2. The van der Waals surface area contributed by atoms with Gasteiger partial charge >= 0.3 is 0 Å². The molecular formula is C9H18N2. The van der Waals surface area contributed by atoms with Crippen LogP contribution in [0.4, 0.5) is 0 Å². The first-order valence-corrected chi connectivity index (χ1v) is 4.55. The zero-order chi connectivity index (χ0) is 7.90. The first-order chi connectivity index (χ1) is 5.20. The zero-order valence-corrected chi connectivity index (χ0v) is 7.40. The molecule has 2 rings (SSSR count). The van der Waals surface area contributed by atoms with E-state index in [0.29, 0.717) is 5.41 Å². The maximum Gasteiger partial charge on any atom is 0.0602 e. The van der Waals surface area contributed by atoms with Crippen molar-refractivity contribution >= 4 is 0 Å². The number of hydrogen-bond donors (Lipinski definition) is 1. The summed E-state index contributed by atoms with van der Waals surface area (Å²) in [5.41, 5.74) is 0.659. The van der Waals surface area contributed by atoms with Crippen molar-refractivity contribution in [2.45, 2.75) is 12.8 Å². The van der Waals surface area contributed by atoms with Gasteiger partial charge in [0.15, 0.2) is 0 Å². The van der Waals surface area contributed by atoms with Crippen LogP contribution in [0.15, 0.2) is 0 Å². The second kappa shape index (κ2) is 2.46. The van der Waals surface area contributed by atoms with Crippen molar-refractivity contribution in [3.05, 3.63) is 7.05 Å². The van der Waals surface area contributed by atoms with E-state index in [1.807, 2.05) is 0 Å². The maximum absolute atomic E-state index is 4.08. The molecule has 0 aromatic rings. The van der Waals surface area contributed by atoms with Crippen LogP contribution in [0.2, 0.25) is 0 Å². The summed E-state index contributed by atoms with van der Waals surface area (Å²) >= 11 is 0. The molecule has 2 fully saturated rings. The summed E-state index contributed by atoms with van der Waals surface area (Å²) in [7, 11) is 6.31. The highest BCUT2D eigenvalue weighted by Gasteiger charge is 2.42. The smallest absolute Gasteiger partial charge is 0.0602 e. The number of rotatable bonds is 0. The fourth-order valence-corrected chi connectivity index (χ4v) is 2.66. The number of nitrogens with zero attached hydrogens (tertiary/aromatic N) is 1. The summed E-state index contributed by atoms with van der Waals surface area (Å²) in [6, 6.07) is 0. The minimum atomic E-state index is 0.659. The third kappa shape index (κ3) is 1.30. The Morgan fingerprint density at radius 3 is 2.73 bits per heavy atom. The van der Waals surface area contributed by atoms with Crippen LogP contribution in [0.3, 0.4) is 0 Å². The Kier molecular flexibility index (Phi) is 1.69. The van der Waals surface area contributed by atoms with E-state index in [0.717, 1.165) is 0 Å². The van der Waals surface area contributed by atoms with Gasteiger partial charge in [-0.2, -0.15) is 7.05 Å². The molecule has 2 atom stereocenters. The van der Waals surface area contributed by atoms with Gasteiger partial charge in [0.2, 0.25) is 0 Å². The summed E-state index contributed by atoms with van der Waals surface area (Å²) in [6.45, 7) is 5.20. The molecule has 0 aliphatic carbocycles. The van der Waals surface area contributed by atoms with E-state index >= 15 is 0 Å². The number of quaternary nitrogens is 1. The van der Waals surface area contributed by atoms with Crippen molar-refractivity contribution in [1.82, 2.24) is 4.90 Å². The lowest BCUT2D eigenvalue weighted by molar-refractivity contribution is -0.843. The van der Waals surface area contributed by atoms with Crippen LogP contribution in [-0.2, 0) is 0 Å². The predicted octanol–water partition coefficient (Wildman–Crippen LogP) is -0.612. The molecular weight excluding hydrogens is 136 g/mol. The highest BCUT2D eigenvalue weighted by atomic mass is 15.2. The van der Waals surface area contributed by atoms with E-state index in [1.165, 1.54) is 43.9 Å². The van der Waals surface area contributed by atoms with Gasteiger partial charge in [0, 0.05) is 18.4 Å². The van der Waals surface area contributed by atoms with Crippen LogP contribution in [-0.4, -0.2) is 38.1 Å². The van der Waals surface area contributed by atoms with Crippen molar-refractivity contribution in [3.63, 3.8) is 0 Å². The molecule has 2 nitrogen and oxygen atoms in total. The lowest BCUT2D eigenvalue weighted by atomic mass is 9.86. The highest BCUT2D eigenvalue weighted by Crippen LogP contribution is 2.33. The molecule has 2 saturated heterocycles. The summed E-state index contributed by atoms with van der Waals surface area (Å²) in [6.07, 6.45) is 2.80. The molecule has 2 heterocycles. The fraction of sp³-hybridized carbons (Fsp3) is 0.889. The summed E-state index contributed by atoms with van der Waals surface area (Å²) in [5.74, 6) is 0. The van der Waals surface area contributed by atoms with Crippen LogP contribution < -0.4 is 4.90 Å². The third-order valence-electron chi connectivity index (χ3n) is 3.26. The van der Waals surface area contributed by atoms with Crippen LogP contribution in [0, 0.1) is 12.5 Å². The molecule has 1 N–H and O–H groups in total. The van der Waals surface area contributed by atoms with E-state index in [4.69, 9.17) is 0 Å². The second-order valence-corrected chi connectivity index (χ2v) is 4.41. The Morgan fingerprint density at radius 2 is 2.27 bits per heavy atom. The van der Waals surface area contributed by atoms with Gasteiger partial charge in [0.1, 0.15) is 0 Å². The van der Waals surface area contributed by atoms with E-state index in [2.05, 4.69) is 19.0 Å². The highest BCUT2D eigenvalue weighted by molar-refractivity contribution is 4.90. The summed E-state index contributed by atoms with van der Waals surface area (Å²) < 4.78 is 0. The van der Waals surface area contributed by atoms with Crippen LogP contribution in [0.5, 0.6) is 0 Å². The Bertz CT molecular complexity index is 138. The molecule has 2 heteroatoms. The van der Waals surface area contributed by atoms with Crippen LogP contribution in [0.1, 0.15) is 12.8 Å². The van der Waals surface area contributed by atoms with Gasteiger partial charge in [-0.25, -0.2) is 0 Å². The Balaban J connectivity index is 2.02. The van der Waals surface area contributed by atoms with Gasteiger partial charge in [-0.3, -0.25) is 0 Å². The third-order valence-corrected chi connectivity index (χ3v) is 3.26. The molecule has 1 spiro atoms. The minimum Gasteiger partial charge on any atom is -0.467 e. The SMILES string of the molecule is [CH2-][NH+]1CCC2(CCN(C)C2)C1. The maximum atomic E-state index is 4.08. The molecule has 0 radical (unpaired) electrons. The largest absolute Gasteiger partial charge is 0.467 e. The van der Waals surface area contributed by atoms with E-state index in [9.17, 15) is 0 Å². The summed E-state index contributed by atoms with van der Waals surface area (Å²) in [5, 5.41) is 0. The van der Waals surface area contributed by atoms with Gasteiger partial charge in [-0.15, -0.1) is 0 Å². The van der Waals surface area contributed by atoms with Crippen molar-refractivity contribution < 1.29 is 4.90 Å². The topological polar surface area (TPSA) is 7.68 Å². The van der Waals surface area contributed by atoms with Gasteiger partial charge in [-0.1, -0.05) is 0 Å². The van der Waals surface area contributed by atoms with Crippen molar-refractivity contribution in [3.8, 4) is 0 Å². The first kappa shape index (κ1) is 7.56. The van der Waals surface area contributed by atoms with Gasteiger partial charge in [0.05, 0.1) is 13.1 Å². The minimum absolute atomic E-state index is 0.659. The van der Waals surface area contributed by atoms with E-state index in [1.54, 1.807) is 0 Å². The molecule has 0 aromatic heterocycles. The molecule has 2 aliphatic heterocycles. The standard InChI is InChI=1S/C9H18N2/c1-10-5-3-9(7-10)4-6-11(2)8-9/h10H,1,3-8H2,2H3. The normalized spacial score (nSPS) is 45.8. The van der Waals surface area contributed by atoms with Gasteiger partial charge in [-0.05, 0) is 20.0 Å². The molecule has 0 bridgehead atoms. The first-order valence-electron chi connectivity index (χ1n) is 4.55. The Morgan fingerprint density at radius 1 is 1.45 bits per heavy atom. The number of nitrogens with one attached hydrogen (secondary N) is 1. The van der Waals surface area contributed by atoms with Gasteiger partial charge < -0.3 is 9.80 Å². The van der Waals surface area contributed by atoms with E-state index < -0.39 is 0 Å². The average molecular weight is 154 g/mol. The quantitative estimate of drug-likeness (QED) is 0.457. The molecule has 0 saturated carbocycles. The van der Waals surface area contributed by atoms with Crippen molar-refractivity contribution in [2.24, 2.45) is 5.41 Å². The molecule has 0 aromatic carbocycles.